The van der Waals surface area contributed by atoms with Crippen molar-refractivity contribution in [3.8, 4) is 0 Å². The first-order valence-electron chi connectivity index (χ1n) is 8.55. The van der Waals surface area contributed by atoms with E-state index in [2.05, 4.69) is 5.32 Å². The Morgan fingerprint density at radius 3 is 2.69 bits per heavy atom. The molecule has 1 fully saturated rings. The molecule has 0 bridgehead atoms. The molecule has 1 N–H and O–H groups in total. The topological polar surface area (TPSA) is 71.8 Å². The number of likely N-dealkylation sites (tertiary alicyclic amines) is 1. The number of halogens is 1. The molecule has 6 nitrogen and oxygen atoms in total. The van der Waals surface area contributed by atoms with Crippen molar-refractivity contribution in [3.63, 3.8) is 0 Å². The van der Waals surface area contributed by atoms with Crippen LogP contribution in [-0.2, 0) is 16.1 Å². The Kier molecular flexibility index (Phi) is 6.30. The van der Waals surface area contributed by atoms with Gasteiger partial charge in [0.05, 0.1) is 18.4 Å². The van der Waals surface area contributed by atoms with Gasteiger partial charge in [-0.3, -0.25) is 9.59 Å². The minimum Gasteiger partial charge on any atom is -0.472 e. The molecule has 0 radical (unpaired) electrons. The van der Waals surface area contributed by atoms with Gasteiger partial charge in [-0.2, -0.15) is 0 Å². The lowest BCUT2D eigenvalue weighted by atomic mass is 10.0. The van der Waals surface area contributed by atoms with Crippen molar-refractivity contribution < 1.29 is 18.7 Å². The van der Waals surface area contributed by atoms with E-state index in [1.54, 1.807) is 17.0 Å². The summed E-state index contributed by atoms with van der Waals surface area (Å²) < 4.78 is 10.4. The number of nitrogens with zero attached hydrogens (tertiary/aromatic N) is 1. The predicted octanol–water partition coefficient (Wildman–Crippen LogP) is 2.87. The standard InChI is InChI=1S/C19H21ClN2O4/c20-17-4-2-1-3-14(17)11-26-13-18(23)21-16-5-8-22(9-6-16)19(24)15-7-10-25-12-15/h1-4,7,10,12,16H,5-6,8-9,11,13H2,(H,21,23). The van der Waals surface area contributed by atoms with Gasteiger partial charge in [0.25, 0.3) is 5.91 Å². The molecule has 0 atom stereocenters. The van der Waals surface area contributed by atoms with E-state index in [4.69, 9.17) is 20.8 Å². The first-order valence-corrected chi connectivity index (χ1v) is 8.93. The maximum atomic E-state index is 12.2. The van der Waals surface area contributed by atoms with Gasteiger partial charge in [-0.15, -0.1) is 0 Å². The highest BCUT2D eigenvalue weighted by Crippen LogP contribution is 2.16. The maximum Gasteiger partial charge on any atom is 0.257 e. The van der Waals surface area contributed by atoms with E-state index in [9.17, 15) is 9.59 Å². The molecule has 3 rings (SSSR count). The van der Waals surface area contributed by atoms with Crippen LogP contribution in [0.2, 0.25) is 5.02 Å². The summed E-state index contributed by atoms with van der Waals surface area (Å²) in [7, 11) is 0. The van der Waals surface area contributed by atoms with E-state index in [1.807, 2.05) is 18.2 Å². The van der Waals surface area contributed by atoms with Crippen molar-refractivity contribution in [3.05, 3.63) is 59.0 Å². The van der Waals surface area contributed by atoms with E-state index in [0.717, 1.165) is 18.4 Å². The summed E-state index contributed by atoms with van der Waals surface area (Å²) in [4.78, 5) is 26.0. The molecule has 0 aliphatic carbocycles. The number of rotatable bonds is 6. The largest absolute Gasteiger partial charge is 0.472 e. The minimum atomic E-state index is -0.156. The molecule has 0 spiro atoms. The third kappa shape index (κ3) is 4.86. The lowest BCUT2D eigenvalue weighted by Gasteiger charge is -2.32. The van der Waals surface area contributed by atoms with Crippen LogP contribution in [0.5, 0.6) is 0 Å². The van der Waals surface area contributed by atoms with Crippen LogP contribution in [0.25, 0.3) is 0 Å². The Hall–Kier alpha value is -2.31. The molecule has 1 aromatic carbocycles. The number of furan rings is 1. The van der Waals surface area contributed by atoms with E-state index in [0.29, 0.717) is 30.3 Å². The van der Waals surface area contributed by atoms with E-state index >= 15 is 0 Å². The monoisotopic (exact) mass is 376 g/mol. The molecular weight excluding hydrogens is 356 g/mol. The van der Waals surface area contributed by atoms with Gasteiger partial charge >= 0.3 is 0 Å². The molecule has 1 saturated heterocycles. The number of carbonyl (C=O) groups excluding carboxylic acids is 2. The zero-order valence-corrected chi connectivity index (χ0v) is 15.1. The Balaban J connectivity index is 1.37. The molecule has 1 aromatic heterocycles. The molecule has 1 aliphatic heterocycles. The van der Waals surface area contributed by atoms with Gasteiger partial charge in [-0.1, -0.05) is 29.8 Å². The van der Waals surface area contributed by atoms with Crippen molar-refractivity contribution in [1.29, 1.82) is 0 Å². The van der Waals surface area contributed by atoms with Crippen LogP contribution in [-0.4, -0.2) is 42.5 Å². The molecular formula is C19H21ClN2O4. The Morgan fingerprint density at radius 1 is 1.23 bits per heavy atom. The zero-order chi connectivity index (χ0) is 18.4. The highest BCUT2D eigenvalue weighted by atomic mass is 35.5. The number of amides is 2. The van der Waals surface area contributed by atoms with Gasteiger partial charge in [0, 0.05) is 24.2 Å². The third-order valence-corrected chi connectivity index (χ3v) is 4.73. The molecule has 0 saturated carbocycles. The summed E-state index contributed by atoms with van der Waals surface area (Å²) in [5.41, 5.74) is 1.41. The van der Waals surface area contributed by atoms with Crippen LogP contribution in [0.4, 0.5) is 0 Å². The Morgan fingerprint density at radius 2 is 2.00 bits per heavy atom. The van der Waals surface area contributed by atoms with Gasteiger partial charge in [0.2, 0.25) is 5.91 Å². The van der Waals surface area contributed by atoms with Crippen LogP contribution in [0, 0.1) is 0 Å². The molecule has 2 aromatic rings. The molecule has 26 heavy (non-hydrogen) atoms. The number of piperidine rings is 1. The number of hydrogen-bond donors (Lipinski definition) is 1. The summed E-state index contributed by atoms with van der Waals surface area (Å²) in [6, 6.07) is 9.10. The van der Waals surface area contributed by atoms with Crippen molar-refractivity contribution >= 4 is 23.4 Å². The Bertz CT molecular complexity index is 740. The average molecular weight is 377 g/mol. The molecule has 138 valence electrons. The first kappa shape index (κ1) is 18.5. The molecule has 2 heterocycles. The second-order valence-electron chi connectivity index (χ2n) is 6.23. The Labute approximate surface area is 157 Å². The zero-order valence-electron chi connectivity index (χ0n) is 14.3. The number of nitrogens with one attached hydrogen (secondary N) is 1. The second kappa shape index (κ2) is 8.87. The normalized spacial score (nSPS) is 15.0. The quantitative estimate of drug-likeness (QED) is 0.841. The first-order chi connectivity index (χ1) is 12.6. The fourth-order valence-corrected chi connectivity index (χ4v) is 3.12. The van der Waals surface area contributed by atoms with Gasteiger partial charge in [-0.25, -0.2) is 0 Å². The maximum absolute atomic E-state index is 12.2. The van der Waals surface area contributed by atoms with Gasteiger partial charge in [0.1, 0.15) is 12.9 Å². The van der Waals surface area contributed by atoms with Gasteiger partial charge in [0.15, 0.2) is 0 Å². The number of carbonyl (C=O) groups is 2. The molecule has 1 aliphatic rings. The second-order valence-corrected chi connectivity index (χ2v) is 6.64. The van der Waals surface area contributed by atoms with Crippen molar-refractivity contribution in [2.75, 3.05) is 19.7 Å². The average Bonchev–Trinajstić information content (AvgIpc) is 3.18. The minimum absolute atomic E-state index is 0.0145. The third-order valence-electron chi connectivity index (χ3n) is 4.36. The van der Waals surface area contributed by atoms with Crippen LogP contribution >= 0.6 is 11.6 Å². The summed E-state index contributed by atoms with van der Waals surface area (Å²) >= 11 is 6.05. The van der Waals surface area contributed by atoms with Crippen LogP contribution < -0.4 is 5.32 Å². The van der Waals surface area contributed by atoms with Crippen molar-refractivity contribution in [2.45, 2.75) is 25.5 Å². The summed E-state index contributed by atoms with van der Waals surface area (Å²) in [5, 5.41) is 3.59. The van der Waals surface area contributed by atoms with Crippen molar-refractivity contribution in [2.24, 2.45) is 0 Å². The predicted molar refractivity (Wildman–Crippen MR) is 96.9 cm³/mol. The molecule has 2 amide bonds. The van der Waals surface area contributed by atoms with Crippen molar-refractivity contribution in [1.82, 2.24) is 10.2 Å². The lowest BCUT2D eigenvalue weighted by Crippen LogP contribution is -2.47. The summed E-state index contributed by atoms with van der Waals surface area (Å²) in [5.74, 6) is -0.191. The van der Waals surface area contributed by atoms with Crippen LogP contribution in [0.1, 0.15) is 28.8 Å². The fourth-order valence-electron chi connectivity index (χ4n) is 2.93. The molecule has 0 unspecified atom stereocenters. The lowest BCUT2D eigenvalue weighted by molar-refractivity contribution is -0.127. The van der Waals surface area contributed by atoms with Gasteiger partial charge in [-0.05, 0) is 30.5 Å². The van der Waals surface area contributed by atoms with Crippen LogP contribution in [0.15, 0.2) is 47.3 Å². The molecule has 7 heteroatoms. The highest BCUT2D eigenvalue weighted by molar-refractivity contribution is 6.31. The fraction of sp³-hybridized carbons (Fsp3) is 0.368. The van der Waals surface area contributed by atoms with E-state index < -0.39 is 0 Å². The number of hydrogen-bond acceptors (Lipinski definition) is 4. The van der Waals surface area contributed by atoms with Gasteiger partial charge < -0.3 is 19.4 Å². The SMILES string of the molecule is O=C(COCc1ccccc1Cl)NC1CCN(C(=O)c2ccoc2)CC1. The van der Waals surface area contributed by atoms with E-state index in [-0.39, 0.29) is 24.5 Å². The van der Waals surface area contributed by atoms with E-state index in [1.165, 1.54) is 12.5 Å². The summed E-state index contributed by atoms with van der Waals surface area (Å²) in [6.45, 7) is 1.50. The summed E-state index contributed by atoms with van der Waals surface area (Å²) in [6.07, 6.45) is 4.38. The highest BCUT2D eigenvalue weighted by Gasteiger charge is 2.25. The number of ether oxygens (including phenoxy) is 1. The van der Waals surface area contributed by atoms with Crippen LogP contribution in [0.3, 0.4) is 0 Å². The smallest absolute Gasteiger partial charge is 0.257 e. The number of benzene rings is 1.